The molecule has 0 atom stereocenters. The first-order chi connectivity index (χ1) is 15.5. The molecule has 0 aliphatic carbocycles. The Bertz CT molecular complexity index is 1230. The van der Waals surface area contributed by atoms with E-state index < -0.39 is 0 Å². The highest BCUT2D eigenvalue weighted by atomic mass is 15.4. The normalized spacial score (nSPS) is 15.6. The van der Waals surface area contributed by atoms with E-state index in [2.05, 4.69) is 67.4 Å². The van der Waals surface area contributed by atoms with Crippen LogP contribution in [0.4, 0.5) is 11.6 Å². The van der Waals surface area contributed by atoms with Crippen LogP contribution in [0.2, 0.25) is 0 Å². The molecule has 3 N–H and O–H groups in total. The second kappa shape index (κ2) is 8.19. The van der Waals surface area contributed by atoms with Crippen LogP contribution in [-0.2, 0) is 0 Å². The van der Waals surface area contributed by atoms with Crippen molar-refractivity contribution in [3.05, 3.63) is 36.8 Å². The van der Waals surface area contributed by atoms with Gasteiger partial charge in [0, 0.05) is 29.6 Å². The SMILES string of the molecule is CC(C)Nc1ccc2nnc(-c3cc(-c4cnn(C5CCN(C)CC5)c4)cnc3N)n2n1. The van der Waals surface area contributed by atoms with Crippen molar-refractivity contribution in [2.45, 2.75) is 38.8 Å². The van der Waals surface area contributed by atoms with Gasteiger partial charge in [-0.2, -0.15) is 9.61 Å². The molecule has 4 aromatic heterocycles. The predicted octanol–water partition coefficient (Wildman–Crippen LogP) is 2.72. The first-order valence-electron chi connectivity index (χ1n) is 11.0. The zero-order chi connectivity index (χ0) is 22.2. The Morgan fingerprint density at radius 1 is 1.09 bits per heavy atom. The summed E-state index contributed by atoms with van der Waals surface area (Å²) in [5, 5.41) is 21.2. The van der Waals surface area contributed by atoms with Crippen LogP contribution >= 0.6 is 0 Å². The van der Waals surface area contributed by atoms with E-state index in [1.165, 1.54) is 0 Å². The quantitative estimate of drug-likeness (QED) is 0.495. The van der Waals surface area contributed by atoms with Crippen molar-refractivity contribution in [3.63, 3.8) is 0 Å². The molecule has 1 saturated heterocycles. The Morgan fingerprint density at radius 2 is 1.91 bits per heavy atom. The standard InChI is InChI=1S/C22H28N10/c1-14(2)26-19-4-5-20-27-28-22(32(20)29-19)18-10-15(11-24-21(18)23)16-12-25-31(13-16)17-6-8-30(3)9-7-17/h4-5,10-14,17H,6-9H2,1-3H3,(H2,23,24)(H,26,29). The topological polar surface area (TPSA) is 115 Å². The molecule has 1 aliphatic heterocycles. The van der Waals surface area contributed by atoms with Crippen LogP contribution in [0, 0.1) is 0 Å². The van der Waals surface area contributed by atoms with E-state index >= 15 is 0 Å². The number of pyridine rings is 1. The molecule has 0 aromatic carbocycles. The van der Waals surface area contributed by atoms with Crippen LogP contribution in [-0.4, -0.2) is 65.7 Å². The summed E-state index contributed by atoms with van der Waals surface area (Å²) in [5.41, 5.74) is 9.51. The van der Waals surface area contributed by atoms with Crippen LogP contribution < -0.4 is 11.1 Å². The minimum Gasteiger partial charge on any atom is -0.383 e. The molecule has 0 spiro atoms. The van der Waals surface area contributed by atoms with Crippen molar-refractivity contribution in [2.24, 2.45) is 0 Å². The number of piperidine rings is 1. The van der Waals surface area contributed by atoms with Crippen LogP contribution in [0.25, 0.3) is 28.2 Å². The molecule has 166 valence electrons. The predicted molar refractivity (Wildman–Crippen MR) is 124 cm³/mol. The Labute approximate surface area is 186 Å². The minimum atomic E-state index is 0.260. The average molecular weight is 433 g/mol. The molecule has 0 bridgehead atoms. The third-order valence-corrected chi connectivity index (χ3v) is 5.86. The summed E-state index contributed by atoms with van der Waals surface area (Å²) in [7, 11) is 2.16. The molecule has 0 unspecified atom stereocenters. The number of anilines is 2. The molecule has 1 aliphatic rings. The average Bonchev–Trinajstić information content (AvgIpc) is 3.42. The number of aromatic nitrogens is 7. The maximum atomic E-state index is 6.24. The van der Waals surface area contributed by atoms with Gasteiger partial charge in [-0.1, -0.05) is 0 Å². The molecule has 0 radical (unpaired) electrons. The van der Waals surface area contributed by atoms with Crippen molar-refractivity contribution in [1.29, 1.82) is 0 Å². The molecule has 10 nitrogen and oxygen atoms in total. The lowest BCUT2D eigenvalue weighted by atomic mass is 10.1. The van der Waals surface area contributed by atoms with Gasteiger partial charge < -0.3 is 16.0 Å². The first-order valence-corrected chi connectivity index (χ1v) is 11.0. The first kappa shape index (κ1) is 20.4. The fraction of sp³-hybridized carbons (Fsp3) is 0.409. The van der Waals surface area contributed by atoms with E-state index in [9.17, 15) is 0 Å². The number of rotatable bonds is 5. The van der Waals surface area contributed by atoms with Crippen LogP contribution in [0.1, 0.15) is 32.7 Å². The summed E-state index contributed by atoms with van der Waals surface area (Å²) < 4.78 is 3.78. The largest absolute Gasteiger partial charge is 0.383 e. The second-order valence-electron chi connectivity index (χ2n) is 8.71. The third kappa shape index (κ3) is 3.89. The van der Waals surface area contributed by atoms with E-state index in [4.69, 9.17) is 5.73 Å². The maximum absolute atomic E-state index is 6.24. The Hall–Kier alpha value is -3.53. The minimum absolute atomic E-state index is 0.260. The van der Waals surface area contributed by atoms with Gasteiger partial charge in [0.25, 0.3) is 0 Å². The number of likely N-dealkylation sites (tertiary alicyclic amines) is 1. The number of hydrogen-bond acceptors (Lipinski definition) is 8. The van der Waals surface area contributed by atoms with Crippen molar-refractivity contribution in [3.8, 4) is 22.5 Å². The highest BCUT2D eigenvalue weighted by Gasteiger charge is 2.20. The Morgan fingerprint density at radius 3 is 2.69 bits per heavy atom. The Kier molecular flexibility index (Phi) is 5.22. The van der Waals surface area contributed by atoms with Crippen molar-refractivity contribution >= 4 is 17.3 Å². The molecule has 4 aromatic rings. The molecule has 5 rings (SSSR count). The van der Waals surface area contributed by atoms with Crippen LogP contribution in [0.3, 0.4) is 0 Å². The van der Waals surface area contributed by atoms with Gasteiger partial charge in [0.05, 0.1) is 17.8 Å². The fourth-order valence-electron chi connectivity index (χ4n) is 4.09. The number of nitrogens with zero attached hydrogens (tertiary/aromatic N) is 8. The van der Waals surface area contributed by atoms with E-state index in [0.717, 1.165) is 42.9 Å². The second-order valence-corrected chi connectivity index (χ2v) is 8.71. The highest BCUT2D eigenvalue weighted by molar-refractivity contribution is 5.76. The number of fused-ring (bicyclic) bond motifs is 1. The molecular formula is C22H28N10. The van der Waals surface area contributed by atoms with Gasteiger partial charge in [-0.25, -0.2) is 4.98 Å². The van der Waals surface area contributed by atoms with E-state index in [-0.39, 0.29) is 6.04 Å². The molecule has 32 heavy (non-hydrogen) atoms. The van der Waals surface area contributed by atoms with Gasteiger partial charge in [0.2, 0.25) is 0 Å². The van der Waals surface area contributed by atoms with Gasteiger partial charge in [-0.05, 0) is 65.0 Å². The lowest BCUT2D eigenvalue weighted by Crippen LogP contribution is -2.31. The van der Waals surface area contributed by atoms with Gasteiger partial charge >= 0.3 is 0 Å². The zero-order valence-electron chi connectivity index (χ0n) is 18.6. The zero-order valence-corrected chi connectivity index (χ0v) is 18.6. The summed E-state index contributed by atoms with van der Waals surface area (Å²) >= 11 is 0. The summed E-state index contributed by atoms with van der Waals surface area (Å²) in [6, 6.07) is 6.45. The van der Waals surface area contributed by atoms with Crippen LogP contribution in [0.5, 0.6) is 0 Å². The smallest absolute Gasteiger partial charge is 0.189 e. The number of hydrogen-bond donors (Lipinski definition) is 2. The summed E-state index contributed by atoms with van der Waals surface area (Å²) in [6.07, 6.45) is 7.97. The van der Waals surface area contributed by atoms with E-state index in [0.29, 0.717) is 28.9 Å². The lowest BCUT2D eigenvalue weighted by Gasteiger charge is -2.28. The fourth-order valence-corrected chi connectivity index (χ4v) is 4.09. The van der Waals surface area contributed by atoms with Crippen molar-refractivity contribution in [2.75, 3.05) is 31.2 Å². The van der Waals surface area contributed by atoms with Gasteiger partial charge in [0.15, 0.2) is 11.5 Å². The molecule has 0 amide bonds. The van der Waals surface area contributed by atoms with Crippen molar-refractivity contribution in [1.82, 2.24) is 39.5 Å². The van der Waals surface area contributed by atoms with Crippen LogP contribution in [0.15, 0.2) is 36.8 Å². The molecule has 5 heterocycles. The summed E-state index contributed by atoms with van der Waals surface area (Å²) in [5.74, 6) is 1.69. The monoisotopic (exact) mass is 432 g/mol. The van der Waals surface area contributed by atoms with Gasteiger partial charge in [-0.15, -0.1) is 15.3 Å². The van der Waals surface area contributed by atoms with E-state index in [1.54, 1.807) is 10.7 Å². The highest BCUT2D eigenvalue weighted by Crippen LogP contribution is 2.30. The molecule has 1 fully saturated rings. The lowest BCUT2D eigenvalue weighted by molar-refractivity contribution is 0.212. The van der Waals surface area contributed by atoms with Gasteiger partial charge in [-0.3, -0.25) is 4.68 Å². The molecule has 10 heteroatoms. The third-order valence-electron chi connectivity index (χ3n) is 5.86. The van der Waals surface area contributed by atoms with E-state index in [1.807, 2.05) is 24.4 Å². The van der Waals surface area contributed by atoms with Gasteiger partial charge in [0.1, 0.15) is 11.6 Å². The maximum Gasteiger partial charge on any atom is 0.189 e. The van der Waals surface area contributed by atoms with Crippen molar-refractivity contribution < 1.29 is 0 Å². The number of nitrogens with two attached hydrogens (primary N) is 1. The molecular weight excluding hydrogens is 404 g/mol. The number of nitrogen functional groups attached to an aromatic ring is 1. The Balaban J connectivity index is 1.49. The molecule has 0 saturated carbocycles. The summed E-state index contributed by atoms with van der Waals surface area (Å²) in [4.78, 5) is 6.79. The number of nitrogens with one attached hydrogen (secondary N) is 1. The summed E-state index contributed by atoms with van der Waals surface area (Å²) in [6.45, 7) is 6.31.